The lowest BCUT2D eigenvalue weighted by Crippen LogP contribution is -2.30. The highest BCUT2D eigenvalue weighted by Gasteiger charge is 2.34. The average molecular weight is 281 g/mol. The second-order valence-electron chi connectivity index (χ2n) is 6.50. The Balaban J connectivity index is 3.16. The molecule has 0 radical (unpaired) electrons. The summed E-state index contributed by atoms with van der Waals surface area (Å²) in [5, 5.41) is 19.2. The molecule has 0 fully saturated rings. The molecule has 2 N–H and O–H groups in total. The van der Waals surface area contributed by atoms with Crippen molar-refractivity contribution >= 4 is 17.5 Å². The van der Waals surface area contributed by atoms with Gasteiger partial charge in [-0.2, -0.15) is 0 Å². The number of aliphatic carboxylic acids is 1. The van der Waals surface area contributed by atoms with Gasteiger partial charge in [-0.05, 0) is 18.3 Å². The molecule has 0 aromatic heterocycles. The van der Waals surface area contributed by atoms with Gasteiger partial charge in [0.1, 0.15) is 11.8 Å². The van der Waals surface area contributed by atoms with Crippen LogP contribution in [0.15, 0.2) is 16.3 Å². The SMILES string of the molecule is CC(=NC(C(=O)O)C(C)C)C1=C(O)CC(C)(C)CC1=O. The number of carbonyl (C=O) groups excluding carboxylic acids is 1. The van der Waals surface area contributed by atoms with Crippen molar-refractivity contribution in [3.63, 3.8) is 0 Å². The van der Waals surface area contributed by atoms with E-state index in [1.54, 1.807) is 20.8 Å². The molecule has 0 saturated carbocycles. The maximum absolute atomic E-state index is 12.1. The number of ketones is 1. The predicted octanol–water partition coefficient (Wildman–Crippen LogP) is 2.76. The fraction of sp³-hybridized carbons (Fsp3) is 0.667. The molecule has 1 aliphatic rings. The molecular weight excluding hydrogens is 258 g/mol. The Kier molecular flexibility index (Phi) is 4.73. The average Bonchev–Trinajstić information content (AvgIpc) is 2.21. The molecule has 0 aliphatic heterocycles. The largest absolute Gasteiger partial charge is 0.511 e. The van der Waals surface area contributed by atoms with Gasteiger partial charge in [-0.15, -0.1) is 0 Å². The first-order chi connectivity index (χ1) is 9.05. The molecule has 1 rings (SSSR count). The molecule has 0 aromatic carbocycles. The molecule has 0 saturated heterocycles. The zero-order valence-electron chi connectivity index (χ0n) is 12.7. The summed E-state index contributed by atoms with van der Waals surface area (Å²) < 4.78 is 0. The van der Waals surface area contributed by atoms with Crippen LogP contribution < -0.4 is 0 Å². The quantitative estimate of drug-likeness (QED) is 0.776. The Labute approximate surface area is 119 Å². The fourth-order valence-corrected chi connectivity index (χ4v) is 2.46. The molecule has 1 aliphatic carbocycles. The molecular formula is C15H23NO4. The Hall–Kier alpha value is -1.65. The molecule has 5 nitrogen and oxygen atoms in total. The van der Waals surface area contributed by atoms with Gasteiger partial charge in [0.2, 0.25) is 0 Å². The number of aliphatic hydroxyl groups excluding tert-OH is 1. The summed E-state index contributed by atoms with van der Waals surface area (Å²) in [6.45, 7) is 8.93. The number of carboxylic acid groups (broad SMARTS) is 1. The first-order valence-corrected chi connectivity index (χ1v) is 6.78. The van der Waals surface area contributed by atoms with Gasteiger partial charge in [-0.1, -0.05) is 27.7 Å². The molecule has 1 unspecified atom stereocenters. The Morgan fingerprint density at radius 3 is 2.25 bits per heavy atom. The minimum atomic E-state index is -1.02. The number of Topliss-reactive ketones (excluding diaryl/α,β-unsaturated/α-hetero) is 1. The Bertz CT molecular complexity index is 486. The molecule has 112 valence electrons. The summed E-state index contributed by atoms with van der Waals surface area (Å²) >= 11 is 0. The number of allylic oxidation sites excluding steroid dienone is 2. The summed E-state index contributed by atoms with van der Waals surface area (Å²) in [6, 6.07) is -0.905. The highest BCUT2D eigenvalue weighted by atomic mass is 16.4. The number of aliphatic imine (C=N–C) groups is 1. The van der Waals surface area contributed by atoms with Crippen molar-refractivity contribution in [1.82, 2.24) is 0 Å². The van der Waals surface area contributed by atoms with Gasteiger partial charge in [-0.3, -0.25) is 9.79 Å². The lowest BCUT2D eigenvalue weighted by molar-refractivity contribution is -0.139. The third kappa shape index (κ3) is 3.68. The van der Waals surface area contributed by atoms with E-state index in [0.717, 1.165) is 0 Å². The van der Waals surface area contributed by atoms with Crippen LogP contribution in [0.5, 0.6) is 0 Å². The van der Waals surface area contributed by atoms with Crippen LogP contribution in [0.1, 0.15) is 47.5 Å². The third-order valence-corrected chi connectivity index (χ3v) is 3.43. The lowest BCUT2D eigenvalue weighted by atomic mass is 9.75. The van der Waals surface area contributed by atoms with Gasteiger partial charge >= 0.3 is 5.97 Å². The van der Waals surface area contributed by atoms with E-state index in [0.29, 0.717) is 18.6 Å². The maximum atomic E-state index is 12.1. The van der Waals surface area contributed by atoms with E-state index in [-0.39, 0.29) is 28.4 Å². The van der Waals surface area contributed by atoms with E-state index in [2.05, 4.69) is 4.99 Å². The van der Waals surface area contributed by atoms with Crippen molar-refractivity contribution in [3.05, 3.63) is 11.3 Å². The fourth-order valence-electron chi connectivity index (χ4n) is 2.46. The summed E-state index contributed by atoms with van der Waals surface area (Å²) in [5.41, 5.74) is 0.232. The molecule has 0 aromatic rings. The van der Waals surface area contributed by atoms with Crippen LogP contribution in [0.2, 0.25) is 0 Å². The summed E-state index contributed by atoms with van der Waals surface area (Å²) in [4.78, 5) is 27.4. The van der Waals surface area contributed by atoms with E-state index in [1.807, 2.05) is 13.8 Å². The first kappa shape index (κ1) is 16.4. The minimum absolute atomic E-state index is 0.0143. The van der Waals surface area contributed by atoms with E-state index in [1.165, 1.54) is 0 Å². The van der Waals surface area contributed by atoms with Gasteiger partial charge in [0.25, 0.3) is 0 Å². The molecule has 0 amide bonds. The second kappa shape index (κ2) is 5.77. The normalized spacial score (nSPS) is 21.3. The Morgan fingerprint density at radius 1 is 1.30 bits per heavy atom. The lowest BCUT2D eigenvalue weighted by Gasteiger charge is -2.29. The van der Waals surface area contributed by atoms with Crippen molar-refractivity contribution in [3.8, 4) is 0 Å². The van der Waals surface area contributed by atoms with Crippen LogP contribution >= 0.6 is 0 Å². The maximum Gasteiger partial charge on any atom is 0.328 e. The van der Waals surface area contributed by atoms with Crippen LogP contribution in [0, 0.1) is 11.3 Å². The molecule has 5 heteroatoms. The molecule has 20 heavy (non-hydrogen) atoms. The summed E-state index contributed by atoms with van der Waals surface area (Å²) in [7, 11) is 0. The number of aliphatic hydroxyl groups is 1. The van der Waals surface area contributed by atoms with Crippen LogP contribution in [0.4, 0.5) is 0 Å². The summed E-state index contributed by atoms with van der Waals surface area (Å²) in [5.74, 6) is -1.36. The first-order valence-electron chi connectivity index (χ1n) is 6.78. The van der Waals surface area contributed by atoms with E-state index >= 15 is 0 Å². The van der Waals surface area contributed by atoms with Gasteiger partial charge < -0.3 is 10.2 Å². The minimum Gasteiger partial charge on any atom is -0.511 e. The second-order valence-corrected chi connectivity index (χ2v) is 6.50. The van der Waals surface area contributed by atoms with Crippen molar-refractivity contribution < 1.29 is 19.8 Å². The van der Waals surface area contributed by atoms with E-state index in [4.69, 9.17) is 5.11 Å². The molecule has 0 heterocycles. The molecule has 0 bridgehead atoms. The molecule has 0 spiro atoms. The van der Waals surface area contributed by atoms with Crippen molar-refractivity contribution in [2.24, 2.45) is 16.3 Å². The smallest absolute Gasteiger partial charge is 0.328 e. The van der Waals surface area contributed by atoms with Crippen LogP contribution in [0.25, 0.3) is 0 Å². The van der Waals surface area contributed by atoms with Gasteiger partial charge in [0, 0.05) is 18.6 Å². The number of hydrogen-bond acceptors (Lipinski definition) is 4. The van der Waals surface area contributed by atoms with Crippen molar-refractivity contribution in [2.75, 3.05) is 0 Å². The monoisotopic (exact) mass is 281 g/mol. The zero-order valence-corrected chi connectivity index (χ0v) is 12.7. The van der Waals surface area contributed by atoms with Gasteiger partial charge in [-0.25, -0.2) is 4.79 Å². The highest BCUT2D eigenvalue weighted by molar-refractivity contribution is 6.22. The van der Waals surface area contributed by atoms with E-state index in [9.17, 15) is 14.7 Å². The molecule has 1 atom stereocenters. The number of carbonyl (C=O) groups is 2. The van der Waals surface area contributed by atoms with Gasteiger partial charge in [0.05, 0.1) is 5.57 Å². The van der Waals surface area contributed by atoms with Gasteiger partial charge in [0.15, 0.2) is 5.78 Å². The summed E-state index contributed by atoms with van der Waals surface area (Å²) in [6.07, 6.45) is 0.735. The Morgan fingerprint density at radius 2 is 1.85 bits per heavy atom. The number of nitrogens with zero attached hydrogens (tertiary/aromatic N) is 1. The number of carboxylic acids is 1. The number of rotatable bonds is 4. The zero-order chi connectivity index (χ0) is 15.7. The van der Waals surface area contributed by atoms with Crippen LogP contribution in [-0.2, 0) is 9.59 Å². The standard InChI is InChI=1S/C15H23NO4/c1-8(2)13(14(19)20)16-9(3)12-10(17)6-15(4,5)7-11(12)18/h8,13,17H,6-7H2,1-5H3,(H,19,20). The van der Waals surface area contributed by atoms with Crippen molar-refractivity contribution in [1.29, 1.82) is 0 Å². The predicted molar refractivity (Wildman–Crippen MR) is 77.0 cm³/mol. The topological polar surface area (TPSA) is 87.0 Å². The van der Waals surface area contributed by atoms with Crippen molar-refractivity contribution in [2.45, 2.75) is 53.5 Å². The highest BCUT2D eigenvalue weighted by Crippen LogP contribution is 2.36. The third-order valence-electron chi connectivity index (χ3n) is 3.43. The van der Waals surface area contributed by atoms with E-state index < -0.39 is 12.0 Å². The number of hydrogen-bond donors (Lipinski definition) is 2. The van der Waals surface area contributed by atoms with Crippen LogP contribution in [-0.4, -0.2) is 33.7 Å². The van der Waals surface area contributed by atoms with Crippen LogP contribution in [0.3, 0.4) is 0 Å².